The van der Waals surface area contributed by atoms with Crippen LogP contribution in [-0.4, -0.2) is 23.3 Å². The van der Waals surface area contributed by atoms with E-state index >= 15 is 0 Å². The topological polar surface area (TPSA) is 72.3 Å². The van der Waals surface area contributed by atoms with Crippen molar-refractivity contribution in [3.05, 3.63) is 0 Å². The van der Waals surface area contributed by atoms with Gasteiger partial charge in [-0.1, -0.05) is 71.1 Å². The van der Waals surface area contributed by atoms with E-state index in [0.29, 0.717) is 0 Å². The maximum absolute atomic E-state index is 9.33. The van der Waals surface area contributed by atoms with Gasteiger partial charge in [0.25, 0.3) is 0 Å². The molecule has 0 aromatic heterocycles. The molecule has 0 aliphatic rings. The van der Waals surface area contributed by atoms with Crippen molar-refractivity contribution in [2.45, 2.75) is 116 Å². The van der Waals surface area contributed by atoms with E-state index in [2.05, 4.69) is 6.92 Å². The molecule has 3 nitrogen and oxygen atoms in total. The molecule has 0 spiro atoms. The fourth-order valence-corrected chi connectivity index (χ4v) is 2.69. The number of hydrogen-bond acceptors (Lipinski definition) is 3. The van der Waals surface area contributed by atoms with Crippen LogP contribution < -0.4 is 11.5 Å². The smallest absolute Gasteiger partial charge is 0.0662 e. The van der Waals surface area contributed by atoms with Crippen LogP contribution >= 0.6 is 0 Å². The summed E-state index contributed by atoms with van der Waals surface area (Å²) in [4.78, 5) is 0. The van der Waals surface area contributed by atoms with Gasteiger partial charge in [-0.15, -0.1) is 0 Å². The highest BCUT2D eigenvalue weighted by atomic mass is 16.3. The third-order valence-corrected chi connectivity index (χ3v) is 4.42. The number of unbranched alkanes of at least 4 members (excludes halogenated alkanes) is 9. The van der Waals surface area contributed by atoms with Crippen LogP contribution in [0, 0.1) is 0 Å². The minimum atomic E-state index is -0.422. The minimum Gasteiger partial charge on any atom is -0.392 e. The van der Waals surface area contributed by atoms with E-state index in [-0.39, 0.29) is 12.1 Å². The van der Waals surface area contributed by atoms with E-state index in [1.807, 2.05) is 0 Å². The Morgan fingerprint density at radius 1 is 0.714 bits per heavy atom. The molecule has 5 N–H and O–H groups in total. The molecule has 0 aliphatic heterocycles. The summed E-state index contributed by atoms with van der Waals surface area (Å²) < 4.78 is 0. The maximum atomic E-state index is 9.33. The summed E-state index contributed by atoms with van der Waals surface area (Å²) >= 11 is 0. The minimum absolute atomic E-state index is 0.122. The molecule has 0 amide bonds. The molecule has 0 aromatic carbocycles. The second-order valence-corrected chi connectivity index (χ2v) is 6.71. The zero-order chi connectivity index (χ0) is 15.9. The van der Waals surface area contributed by atoms with Crippen molar-refractivity contribution in [1.29, 1.82) is 0 Å². The third kappa shape index (κ3) is 14.6. The van der Waals surface area contributed by atoms with Crippen molar-refractivity contribution < 1.29 is 5.11 Å². The van der Waals surface area contributed by atoms with Crippen molar-refractivity contribution >= 4 is 0 Å². The molecule has 0 rings (SSSR count). The zero-order valence-electron chi connectivity index (χ0n) is 14.5. The molecular weight excluding hydrogens is 260 g/mol. The maximum Gasteiger partial charge on any atom is 0.0662 e. The van der Waals surface area contributed by atoms with Crippen LogP contribution in [0.3, 0.4) is 0 Å². The Morgan fingerprint density at radius 3 is 1.67 bits per heavy atom. The predicted octanol–water partition coefficient (Wildman–Crippen LogP) is 4.11. The van der Waals surface area contributed by atoms with E-state index in [1.54, 1.807) is 6.92 Å². The predicted molar refractivity (Wildman–Crippen MR) is 93.3 cm³/mol. The number of aliphatic hydroxyl groups is 1. The summed E-state index contributed by atoms with van der Waals surface area (Å²) in [5, 5.41) is 9.33. The molecule has 0 heterocycles. The molecule has 0 saturated carbocycles. The Hall–Kier alpha value is -0.120. The van der Waals surface area contributed by atoms with Gasteiger partial charge in [-0.25, -0.2) is 0 Å². The quantitative estimate of drug-likeness (QED) is 0.398. The van der Waals surface area contributed by atoms with Gasteiger partial charge in [0.05, 0.1) is 6.10 Å². The lowest BCUT2D eigenvalue weighted by atomic mass is 9.99. The first kappa shape index (κ1) is 20.9. The molecule has 0 aromatic rings. The SMILES string of the molecule is CCCCCCCCCCCC[C@H](N)CC[C@@H](N)[C@H](C)O. The lowest BCUT2D eigenvalue weighted by Crippen LogP contribution is -2.34. The zero-order valence-corrected chi connectivity index (χ0v) is 14.5. The highest BCUT2D eigenvalue weighted by molar-refractivity contribution is 4.71. The number of hydrogen-bond donors (Lipinski definition) is 3. The average Bonchev–Trinajstić information content (AvgIpc) is 2.46. The number of rotatable bonds is 15. The number of aliphatic hydroxyl groups excluding tert-OH is 1. The lowest BCUT2D eigenvalue weighted by molar-refractivity contribution is 0.156. The van der Waals surface area contributed by atoms with Gasteiger partial charge in [0.2, 0.25) is 0 Å². The number of nitrogens with two attached hydrogens (primary N) is 2. The van der Waals surface area contributed by atoms with Crippen LogP contribution in [-0.2, 0) is 0 Å². The largest absolute Gasteiger partial charge is 0.392 e. The van der Waals surface area contributed by atoms with Crippen LogP contribution in [0.1, 0.15) is 97.3 Å². The van der Waals surface area contributed by atoms with Crippen molar-refractivity contribution in [3.63, 3.8) is 0 Å². The molecule has 0 fully saturated rings. The summed E-state index contributed by atoms with van der Waals surface area (Å²) in [7, 11) is 0. The third-order valence-electron chi connectivity index (χ3n) is 4.42. The van der Waals surface area contributed by atoms with Crippen LogP contribution in [0.4, 0.5) is 0 Å². The van der Waals surface area contributed by atoms with E-state index in [1.165, 1.54) is 64.2 Å². The van der Waals surface area contributed by atoms with Gasteiger partial charge in [-0.2, -0.15) is 0 Å². The highest BCUT2D eigenvalue weighted by Gasteiger charge is 2.11. The van der Waals surface area contributed by atoms with Crippen LogP contribution in [0.15, 0.2) is 0 Å². The Kier molecular flexibility index (Phi) is 14.7. The summed E-state index contributed by atoms with van der Waals surface area (Å²) in [5.74, 6) is 0. The summed E-state index contributed by atoms with van der Waals surface area (Å²) in [6.07, 6.45) is 16.1. The summed E-state index contributed by atoms with van der Waals surface area (Å²) in [5.41, 5.74) is 11.9. The first-order valence-electron chi connectivity index (χ1n) is 9.27. The van der Waals surface area contributed by atoms with Crippen molar-refractivity contribution in [2.24, 2.45) is 11.5 Å². The first-order chi connectivity index (χ1) is 10.1. The Morgan fingerprint density at radius 2 is 1.19 bits per heavy atom. The van der Waals surface area contributed by atoms with Gasteiger partial charge in [-0.05, 0) is 26.2 Å². The second-order valence-electron chi connectivity index (χ2n) is 6.71. The molecule has 128 valence electrons. The standard InChI is InChI=1S/C18H40N2O/c1-3-4-5-6-7-8-9-10-11-12-13-17(19)14-15-18(20)16(2)21/h16-18,21H,3-15,19-20H2,1-2H3/t16-,17-,18+/m0/s1. The van der Waals surface area contributed by atoms with Crippen molar-refractivity contribution in [1.82, 2.24) is 0 Å². The van der Waals surface area contributed by atoms with Gasteiger partial charge in [0, 0.05) is 12.1 Å². The first-order valence-corrected chi connectivity index (χ1v) is 9.27. The van der Waals surface area contributed by atoms with E-state index in [0.717, 1.165) is 19.3 Å². The average molecular weight is 301 g/mol. The van der Waals surface area contributed by atoms with Crippen molar-refractivity contribution in [2.75, 3.05) is 0 Å². The second kappa shape index (κ2) is 14.8. The summed E-state index contributed by atoms with van der Waals surface area (Å²) in [6.45, 7) is 4.02. The Labute approximate surface area is 132 Å². The molecule has 0 aliphatic carbocycles. The Balaban J connectivity index is 3.23. The molecule has 0 radical (unpaired) electrons. The molecule has 3 heteroatoms. The monoisotopic (exact) mass is 300 g/mol. The molecular formula is C18H40N2O. The molecule has 3 atom stereocenters. The molecule has 21 heavy (non-hydrogen) atoms. The van der Waals surface area contributed by atoms with E-state index in [9.17, 15) is 5.11 Å². The molecule has 0 unspecified atom stereocenters. The van der Waals surface area contributed by atoms with Gasteiger partial charge in [0.15, 0.2) is 0 Å². The van der Waals surface area contributed by atoms with E-state index in [4.69, 9.17) is 11.5 Å². The fraction of sp³-hybridized carbons (Fsp3) is 1.00. The van der Waals surface area contributed by atoms with Crippen LogP contribution in [0.2, 0.25) is 0 Å². The Bertz CT molecular complexity index is 209. The molecule has 0 saturated heterocycles. The van der Waals surface area contributed by atoms with Gasteiger partial charge in [0.1, 0.15) is 0 Å². The van der Waals surface area contributed by atoms with Gasteiger partial charge in [-0.3, -0.25) is 0 Å². The van der Waals surface area contributed by atoms with E-state index < -0.39 is 6.10 Å². The van der Waals surface area contributed by atoms with Crippen molar-refractivity contribution in [3.8, 4) is 0 Å². The normalized spacial score (nSPS) is 15.9. The lowest BCUT2D eigenvalue weighted by Gasteiger charge is -2.17. The van der Waals surface area contributed by atoms with Gasteiger partial charge >= 0.3 is 0 Å². The van der Waals surface area contributed by atoms with Gasteiger partial charge < -0.3 is 16.6 Å². The fourth-order valence-electron chi connectivity index (χ4n) is 2.69. The molecule has 0 bridgehead atoms. The summed E-state index contributed by atoms with van der Waals surface area (Å²) in [6, 6.07) is 0.132. The highest BCUT2D eigenvalue weighted by Crippen LogP contribution is 2.13. The van der Waals surface area contributed by atoms with Crippen LogP contribution in [0.5, 0.6) is 0 Å². The van der Waals surface area contributed by atoms with Crippen LogP contribution in [0.25, 0.3) is 0 Å².